The predicted molar refractivity (Wildman–Crippen MR) is 109 cm³/mol. The number of hydrogen-bond donors (Lipinski definition) is 1. The van der Waals surface area contributed by atoms with Crippen LogP contribution in [0.5, 0.6) is 0 Å². The van der Waals surface area contributed by atoms with Crippen LogP contribution in [0.1, 0.15) is 32.0 Å². The number of imide groups is 1. The first-order valence-corrected chi connectivity index (χ1v) is 9.02. The molecule has 1 N–H and O–H groups in total. The van der Waals surface area contributed by atoms with E-state index in [1.807, 2.05) is 24.3 Å². The number of rotatable bonds is 3. The number of benzene rings is 3. The SMILES string of the molecule is O=C1c2ccccc2C(=O)N1c1ccc(F)cc1/C=C/c1n[nH]c2ccccc12. The van der Waals surface area contributed by atoms with E-state index in [2.05, 4.69) is 10.2 Å². The molecule has 2 amide bonds. The van der Waals surface area contributed by atoms with Crippen molar-refractivity contribution in [1.82, 2.24) is 10.2 Å². The van der Waals surface area contributed by atoms with E-state index in [1.165, 1.54) is 18.2 Å². The minimum atomic E-state index is -0.461. The summed E-state index contributed by atoms with van der Waals surface area (Å²) in [7, 11) is 0. The summed E-state index contributed by atoms with van der Waals surface area (Å²) in [4.78, 5) is 26.7. The molecule has 1 aromatic heterocycles. The molecule has 0 fully saturated rings. The fourth-order valence-corrected chi connectivity index (χ4v) is 3.55. The number of amides is 2. The van der Waals surface area contributed by atoms with Crippen molar-refractivity contribution in [2.24, 2.45) is 0 Å². The number of carbonyl (C=O) groups excluding carboxylic acids is 2. The van der Waals surface area contributed by atoms with Gasteiger partial charge in [0.2, 0.25) is 0 Å². The van der Waals surface area contributed by atoms with Crippen molar-refractivity contribution in [1.29, 1.82) is 0 Å². The molecule has 0 saturated carbocycles. The Balaban J connectivity index is 1.58. The number of H-pyrrole nitrogens is 1. The van der Waals surface area contributed by atoms with Gasteiger partial charge in [0, 0.05) is 10.9 Å². The monoisotopic (exact) mass is 383 g/mol. The Morgan fingerprint density at radius 3 is 2.31 bits per heavy atom. The third kappa shape index (κ3) is 2.73. The first-order valence-electron chi connectivity index (χ1n) is 9.02. The van der Waals surface area contributed by atoms with Crippen LogP contribution in [0.25, 0.3) is 23.1 Å². The molecule has 0 aliphatic carbocycles. The molecule has 1 aliphatic heterocycles. The average molecular weight is 383 g/mol. The summed E-state index contributed by atoms with van der Waals surface area (Å²) in [5.74, 6) is -1.30. The van der Waals surface area contributed by atoms with Gasteiger partial charge in [-0.1, -0.05) is 36.4 Å². The summed E-state index contributed by atoms with van der Waals surface area (Å²) in [6, 6.07) is 18.3. The van der Waals surface area contributed by atoms with Crippen LogP contribution in [0.15, 0.2) is 66.7 Å². The molecule has 0 bridgehead atoms. The molecule has 1 aliphatic rings. The number of aromatic nitrogens is 2. The van der Waals surface area contributed by atoms with Crippen LogP contribution in [0.2, 0.25) is 0 Å². The van der Waals surface area contributed by atoms with Crippen LogP contribution in [-0.2, 0) is 0 Å². The van der Waals surface area contributed by atoms with E-state index >= 15 is 0 Å². The zero-order valence-electron chi connectivity index (χ0n) is 15.1. The number of hydrogen-bond acceptors (Lipinski definition) is 3. The number of carbonyl (C=O) groups is 2. The Morgan fingerprint density at radius 1 is 0.862 bits per heavy atom. The third-order valence-corrected chi connectivity index (χ3v) is 4.95. The van der Waals surface area contributed by atoms with Crippen molar-refractivity contribution in [2.75, 3.05) is 4.90 Å². The topological polar surface area (TPSA) is 66.1 Å². The highest BCUT2D eigenvalue weighted by atomic mass is 19.1. The summed E-state index contributed by atoms with van der Waals surface area (Å²) in [5.41, 5.74) is 2.98. The highest BCUT2D eigenvalue weighted by Crippen LogP contribution is 2.32. The molecule has 140 valence electrons. The van der Waals surface area contributed by atoms with Crippen molar-refractivity contribution >= 4 is 40.6 Å². The summed E-state index contributed by atoms with van der Waals surface area (Å²) >= 11 is 0. The Morgan fingerprint density at radius 2 is 1.55 bits per heavy atom. The minimum Gasteiger partial charge on any atom is -0.277 e. The second kappa shape index (κ2) is 6.53. The lowest BCUT2D eigenvalue weighted by atomic mass is 10.1. The van der Waals surface area contributed by atoms with Crippen molar-refractivity contribution in [3.63, 3.8) is 0 Å². The van der Waals surface area contributed by atoms with Crippen LogP contribution < -0.4 is 4.90 Å². The number of nitrogens with one attached hydrogen (secondary N) is 1. The molecular weight excluding hydrogens is 369 g/mol. The maximum atomic E-state index is 14.0. The lowest BCUT2D eigenvalue weighted by Crippen LogP contribution is -2.30. The van der Waals surface area contributed by atoms with Crippen LogP contribution in [0.3, 0.4) is 0 Å². The Hall–Kier alpha value is -4.06. The quantitative estimate of drug-likeness (QED) is 0.523. The minimum absolute atomic E-state index is 0.327. The molecule has 2 heterocycles. The molecule has 0 unspecified atom stereocenters. The Kier molecular flexibility index (Phi) is 3.84. The van der Waals surface area contributed by atoms with Crippen LogP contribution in [0.4, 0.5) is 10.1 Å². The van der Waals surface area contributed by atoms with Gasteiger partial charge < -0.3 is 0 Å². The van der Waals surface area contributed by atoms with Gasteiger partial charge in [-0.2, -0.15) is 5.10 Å². The van der Waals surface area contributed by atoms with E-state index in [0.717, 1.165) is 15.8 Å². The van der Waals surface area contributed by atoms with Crippen molar-refractivity contribution < 1.29 is 14.0 Å². The second-order valence-corrected chi connectivity index (χ2v) is 6.68. The molecular formula is C23H14FN3O2. The zero-order valence-corrected chi connectivity index (χ0v) is 15.1. The maximum absolute atomic E-state index is 14.0. The summed E-state index contributed by atoms with van der Waals surface area (Å²) in [6.45, 7) is 0. The van der Waals surface area contributed by atoms with Gasteiger partial charge in [0.05, 0.1) is 28.0 Å². The Bertz CT molecular complexity index is 1290. The summed E-state index contributed by atoms with van der Waals surface area (Å²) < 4.78 is 14.0. The van der Waals surface area contributed by atoms with Crippen LogP contribution in [0, 0.1) is 5.82 Å². The lowest BCUT2D eigenvalue weighted by molar-refractivity contribution is 0.0926. The lowest BCUT2D eigenvalue weighted by Gasteiger charge is -2.16. The van der Waals surface area contributed by atoms with E-state index in [1.54, 1.807) is 36.4 Å². The molecule has 0 saturated heterocycles. The molecule has 6 heteroatoms. The van der Waals surface area contributed by atoms with E-state index in [9.17, 15) is 14.0 Å². The molecule has 0 atom stereocenters. The molecule has 4 aromatic rings. The number of para-hydroxylation sites is 1. The smallest absolute Gasteiger partial charge is 0.266 e. The predicted octanol–water partition coefficient (Wildman–Crippen LogP) is 4.67. The molecule has 5 rings (SSSR count). The standard InChI is InChI=1S/C23H14FN3O2/c24-15-10-12-21(27-22(28)16-5-1-2-6-17(16)23(27)29)14(13-15)9-11-20-18-7-3-4-8-19(18)25-26-20/h1-13H,(H,25,26)/b11-9+. The molecule has 0 spiro atoms. The number of fused-ring (bicyclic) bond motifs is 2. The van der Waals surface area contributed by atoms with Gasteiger partial charge in [0.25, 0.3) is 11.8 Å². The third-order valence-electron chi connectivity index (χ3n) is 4.95. The fourth-order valence-electron chi connectivity index (χ4n) is 3.55. The van der Waals surface area contributed by atoms with Gasteiger partial charge in [-0.05, 0) is 42.5 Å². The van der Waals surface area contributed by atoms with Gasteiger partial charge >= 0.3 is 0 Å². The van der Waals surface area contributed by atoms with Crippen molar-refractivity contribution in [3.8, 4) is 0 Å². The first kappa shape index (κ1) is 17.1. The van der Waals surface area contributed by atoms with Crippen molar-refractivity contribution in [2.45, 2.75) is 0 Å². The number of aromatic amines is 1. The van der Waals surface area contributed by atoms with Gasteiger partial charge in [0.1, 0.15) is 5.82 Å². The summed E-state index contributed by atoms with van der Waals surface area (Å²) in [6.07, 6.45) is 3.39. The van der Waals surface area contributed by atoms with Gasteiger partial charge in [-0.15, -0.1) is 0 Å². The number of anilines is 1. The van der Waals surface area contributed by atoms with E-state index in [0.29, 0.717) is 28.1 Å². The van der Waals surface area contributed by atoms with Crippen LogP contribution >= 0.6 is 0 Å². The highest BCUT2D eigenvalue weighted by molar-refractivity contribution is 6.34. The first-order chi connectivity index (χ1) is 14.1. The van der Waals surface area contributed by atoms with E-state index in [4.69, 9.17) is 0 Å². The van der Waals surface area contributed by atoms with Crippen LogP contribution in [-0.4, -0.2) is 22.0 Å². The van der Waals surface area contributed by atoms with E-state index in [-0.39, 0.29) is 0 Å². The summed E-state index contributed by atoms with van der Waals surface area (Å²) in [5, 5.41) is 8.13. The highest BCUT2D eigenvalue weighted by Gasteiger charge is 2.37. The molecule has 29 heavy (non-hydrogen) atoms. The second-order valence-electron chi connectivity index (χ2n) is 6.68. The molecule has 3 aromatic carbocycles. The largest absolute Gasteiger partial charge is 0.277 e. The van der Waals surface area contributed by atoms with Crippen molar-refractivity contribution in [3.05, 3.63) is 94.9 Å². The van der Waals surface area contributed by atoms with Gasteiger partial charge in [0.15, 0.2) is 0 Å². The fraction of sp³-hybridized carbons (Fsp3) is 0. The number of halogens is 1. The van der Waals surface area contributed by atoms with Gasteiger partial charge in [-0.3, -0.25) is 14.7 Å². The average Bonchev–Trinajstić information content (AvgIpc) is 3.26. The normalized spacial score (nSPS) is 13.6. The number of nitrogens with zero attached hydrogens (tertiary/aromatic N) is 2. The Labute approximate surface area is 165 Å². The van der Waals surface area contributed by atoms with E-state index < -0.39 is 17.6 Å². The van der Waals surface area contributed by atoms with Gasteiger partial charge in [-0.25, -0.2) is 9.29 Å². The zero-order chi connectivity index (χ0) is 20.0. The molecule has 0 radical (unpaired) electrons. The maximum Gasteiger partial charge on any atom is 0.266 e. The molecule has 5 nitrogen and oxygen atoms in total.